The van der Waals surface area contributed by atoms with Crippen molar-refractivity contribution in [3.63, 3.8) is 0 Å². The van der Waals surface area contributed by atoms with Crippen molar-refractivity contribution in [1.82, 2.24) is 0 Å². The third kappa shape index (κ3) is 2.94. The molecule has 0 saturated carbocycles. The number of carbonyl (C=O) groups excluding carboxylic acids is 1. The minimum atomic E-state index is -5.96. The van der Waals surface area contributed by atoms with Gasteiger partial charge >= 0.3 is 18.0 Å². The van der Waals surface area contributed by atoms with Crippen molar-refractivity contribution in [1.29, 1.82) is 0 Å². The number of nitrogens with zero attached hydrogens (tertiary/aromatic N) is 1. The van der Waals surface area contributed by atoms with E-state index in [1.54, 1.807) is 0 Å². The van der Waals surface area contributed by atoms with Crippen molar-refractivity contribution in [2.45, 2.75) is 19.0 Å². The highest BCUT2D eigenvalue weighted by Gasteiger charge is 2.64. The van der Waals surface area contributed by atoms with E-state index < -0.39 is 24.6 Å². The number of carbonyl (C=O) groups is 1. The SMILES string of the molecule is CCN(C(=O)C(F)(F)C(F)(F)F)c1cccc(O)c1. The lowest BCUT2D eigenvalue weighted by Gasteiger charge is -2.27. The molecule has 106 valence electrons. The van der Waals surface area contributed by atoms with Gasteiger partial charge in [0.2, 0.25) is 0 Å². The number of hydrogen-bond acceptors (Lipinski definition) is 2. The number of hydrogen-bond donors (Lipinski definition) is 1. The van der Waals surface area contributed by atoms with Crippen molar-refractivity contribution in [3.8, 4) is 5.75 Å². The number of aromatic hydroxyl groups is 1. The summed E-state index contributed by atoms with van der Waals surface area (Å²) >= 11 is 0. The van der Waals surface area contributed by atoms with Crippen molar-refractivity contribution in [2.24, 2.45) is 0 Å². The molecule has 0 radical (unpaired) electrons. The van der Waals surface area contributed by atoms with Gasteiger partial charge < -0.3 is 10.0 Å². The van der Waals surface area contributed by atoms with Crippen LogP contribution in [0.3, 0.4) is 0 Å². The lowest BCUT2D eigenvalue weighted by molar-refractivity contribution is -0.268. The summed E-state index contributed by atoms with van der Waals surface area (Å²) in [5.41, 5.74) is -0.239. The molecule has 0 unspecified atom stereocenters. The van der Waals surface area contributed by atoms with Crippen LogP contribution >= 0.6 is 0 Å². The highest BCUT2D eigenvalue weighted by Crippen LogP contribution is 2.38. The summed E-state index contributed by atoms with van der Waals surface area (Å²) in [6.07, 6.45) is -5.96. The molecular weight excluding hydrogens is 273 g/mol. The second kappa shape index (κ2) is 5.02. The van der Waals surface area contributed by atoms with Crippen LogP contribution in [0.2, 0.25) is 0 Å². The zero-order valence-electron chi connectivity index (χ0n) is 9.71. The summed E-state index contributed by atoms with van der Waals surface area (Å²) in [5.74, 6) is -8.21. The van der Waals surface area contributed by atoms with E-state index in [1.807, 2.05) is 0 Å². The number of halogens is 5. The lowest BCUT2D eigenvalue weighted by Crippen LogP contribution is -2.52. The highest BCUT2D eigenvalue weighted by molar-refractivity contribution is 5.99. The van der Waals surface area contributed by atoms with Crippen molar-refractivity contribution in [2.75, 3.05) is 11.4 Å². The van der Waals surface area contributed by atoms with E-state index in [4.69, 9.17) is 5.11 Å². The Hall–Kier alpha value is -1.86. The summed E-state index contributed by atoms with van der Waals surface area (Å²) in [6.45, 7) is 0.850. The van der Waals surface area contributed by atoms with E-state index in [-0.39, 0.29) is 16.3 Å². The summed E-state index contributed by atoms with van der Waals surface area (Å²) in [5, 5.41) is 9.15. The molecule has 0 aliphatic carbocycles. The first-order valence-electron chi connectivity index (χ1n) is 5.16. The lowest BCUT2D eigenvalue weighted by atomic mass is 10.2. The molecule has 3 nitrogen and oxygen atoms in total. The highest BCUT2D eigenvalue weighted by atomic mass is 19.4. The van der Waals surface area contributed by atoms with Crippen LogP contribution in [-0.4, -0.2) is 29.7 Å². The first-order chi connectivity index (χ1) is 8.61. The van der Waals surface area contributed by atoms with Gasteiger partial charge in [0, 0.05) is 18.3 Å². The largest absolute Gasteiger partial charge is 0.508 e. The number of phenols is 1. The molecule has 1 aromatic carbocycles. The minimum Gasteiger partial charge on any atom is -0.508 e. The summed E-state index contributed by atoms with van der Waals surface area (Å²) in [7, 11) is 0. The van der Waals surface area contributed by atoms with Crippen LogP contribution in [0.1, 0.15) is 6.92 Å². The second-order valence-corrected chi connectivity index (χ2v) is 3.64. The fourth-order valence-electron chi connectivity index (χ4n) is 1.40. The Bertz CT molecular complexity index is 472. The Morgan fingerprint density at radius 1 is 1.26 bits per heavy atom. The van der Waals surface area contributed by atoms with Crippen molar-refractivity contribution >= 4 is 11.6 Å². The molecule has 0 aromatic heterocycles. The molecule has 1 amide bonds. The molecule has 1 N–H and O–H groups in total. The minimum absolute atomic E-state index is 0.239. The molecule has 8 heteroatoms. The average Bonchev–Trinajstić information content (AvgIpc) is 2.28. The first kappa shape index (κ1) is 15.2. The number of anilines is 1. The topological polar surface area (TPSA) is 40.5 Å². The number of alkyl halides is 5. The molecule has 19 heavy (non-hydrogen) atoms. The zero-order chi connectivity index (χ0) is 14.8. The maximum Gasteiger partial charge on any atom is 0.463 e. The van der Waals surface area contributed by atoms with Crippen molar-refractivity contribution < 1.29 is 31.9 Å². The summed E-state index contributed by atoms with van der Waals surface area (Å²) < 4.78 is 62.3. The summed E-state index contributed by atoms with van der Waals surface area (Å²) in [4.78, 5) is 11.6. The fourth-order valence-corrected chi connectivity index (χ4v) is 1.40. The number of rotatable bonds is 3. The first-order valence-corrected chi connectivity index (χ1v) is 5.16. The maximum atomic E-state index is 13.0. The molecule has 0 fully saturated rings. The van der Waals surface area contributed by atoms with Crippen molar-refractivity contribution in [3.05, 3.63) is 24.3 Å². The molecule has 1 rings (SSSR count). The average molecular weight is 283 g/mol. The molecule has 0 spiro atoms. The summed E-state index contributed by atoms with van der Waals surface area (Å²) in [6, 6.07) is 4.50. The van der Waals surface area contributed by atoms with E-state index >= 15 is 0 Å². The molecule has 0 aliphatic heterocycles. The molecule has 0 heterocycles. The maximum absolute atomic E-state index is 13.0. The van der Waals surface area contributed by atoms with Crippen LogP contribution in [0, 0.1) is 0 Å². The van der Waals surface area contributed by atoms with Gasteiger partial charge in [0.1, 0.15) is 5.75 Å². The molecular formula is C11H10F5NO2. The van der Waals surface area contributed by atoms with Gasteiger partial charge in [-0.2, -0.15) is 22.0 Å². The van der Waals surface area contributed by atoms with E-state index in [9.17, 15) is 26.7 Å². The van der Waals surface area contributed by atoms with Gasteiger partial charge in [-0.05, 0) is 19.1 Å². The Labute approximate surface area is 105 Å². The smallest absolute Gasteiger partial charge is 0.463 e. The number of phenolic OH excluding ortho intramolecular Hbond substituents is 1. The zero-order valence-corrected chi connectivity index (χ0v) is 9.71. The number of benzene rings is 1. The van der Waals surface area contributed by atoms with Crippen LogP contribution in [0.5, 0.6) is 5.75 Å². The molecule has 1 aromatic rings. The molecule has 0 bridgehead atoms. The quantitative estimate of drug-likeness (QED) is 0.866. The third-order valence-electron chi connectivity index (χ3n) is 2.33. The van der Waals surface area contributed by atoms with Gasteiger partial charge in [0.25, 0.3) is 0 Å². The van der Waals surface area contributed by atoms with E-state index in [0.29, 0.717) is 0 Å². The van der Waals surface area contributed by atoms with E-state index in [1.165, 1.54) is 19.1 Å². The van der Waals surface area contributed by atoms with Crippen LogP contribution < -0.4 is 4.90 Å². The Kier molecular flexibility index (Phi) is 4.02. The van der Waals surface area contributed by atoms with E-state index in [0.717, 1.165) is 12.1 Å². The number of amides is 1. The van der Waals surface area contributed by atoms with Gasteiger partial charge in [0.05, 0.1) is 0 Å². The van der Waals surface area contributed by atoms with Crippen LogP contribution in [-0.2, 0) is 4.79 Å². The fraction of sp³-hybridized carbons (Fsp3) is 0.364. The van der Waals surface area contributed by atoms with Crippen LogP contribution in [0.4, 0.5) is 27.6 Å². The molecule has 0 aliphatic rings. The van der Waals surface area contributed by atoms with Crippen LogP contribution in [0.15, 0.2) is 24.3 Å². The van der Waals surface area contributed by atoms with Crippen LogP contribution in [0.25, 0.3) is 0 Å². The van der Waals surface area contributed by atoms with Gasteiger partial charge in [0.15, 0.2) is 0 Å². The predicted octanol–water partition coefficient (Wildman–Crippen LogP) is 2.94. The Morgan fingerprint density at radius 2 is 1.84 bits per heavy atom. The van der Waals surface area contributed by atoms with Gasteiger partial charge in [-0.3, -0.25) is 4.79 Å². The van der Waals surface area contributed by atoms with Gasteiger partial charge in [-0.1, -0.05) is 6.07 Å². The second-order valence-electron chi connectivity index (χ2n) is 3.64. The predicted molar refractivity (Wildman–Crippen MR) is 57.1 cm³/mol. The normalized spacial score (nSPS) is 12.3. The standard InChI is InChI=1S/C11H10F5NO2/c1-2-17(7-4-3-5-8(18)6-7)9(19)10(12,13)11(14,15)16/h3-6,18H,2H2,1H3. The molecule has 0 saturated heterocycles. The monoisotopic (exact) mass is 283 g/mol. The van der Waals surface area contributed by atoms with Gasteiger partial charge in [-0.15, -0.1) is 0 Å². The Balaban J connectivity index is 3.15. The third-order valence-corrected chi connectivity index (χ3v) is 2.33. The molecule has 0 atom stereocenters. The Morgan fingerprint density at radius 3 is 2.26 bits per heavy atom. The van der Waals surface area contributed by atoms with E-state index in [2.05, 4.69) is 0 Å². The van der Waals surface area contributed by atoms with Gasteiger partial charge in [-0.25, -0.2) is 0 Å².